The molecule has 0 bridgehead atoms. The molecule has 2 unspecified atom stereocenters. The van der Waals surface area contributed by atoms with Crippen molar-refractivity contribution in [2.75, 3.05) is 20.1 Å². The van der Waals surface area contributed by atoms with Gasteiger partial charge in [-0.3, -0.25) is 4.99 Å². The zero-order valence-electron chi connectivity index (χ0n) is 10.3. The van der Waals surface area contributed by atoms with Crippen molar-refractivity contribution >= 4 is 6.21 Å². The summed E-state index contributed by atoms with van der Waals surface area (Å²) in [6.45, 7) is 4.20. The maximum Gasteiger partial charge on any atom is 0.121 e. The van der Waals surface area contributed by atoms with Crippen LogP contribution < -0.4 is 0 Å². The lowest BCUT2D eigenvalue weighted by atomic mass is 9.90. The van der Waals surface area contributed by atoms with E-state index in [2.05, 4.69) is 28.9 Å². The highest BCUT2D eigenvalue weighted by Crippen LogP contribution is 2.33. The Kier molecular flexibility index (Phi) is 2.51. The second kappa shape index (κ2) is 3.91. The molecule has 0 radical (unpaired) electrons. The first-order valence-electron chi connectivity index (χ1n) is 6.11. The smallest absolute Gasteiger partial charge is 0.121 e. The van der Waals surface area contributed by atoms with Crippen LogP contribution in [0, 0.1) is 6.92 Å². The van der Waals surface area contributed by atoms with E-state index >= 15 is 0 Å². The predicted molar refractivity (Wildman–Crippen MR) is 67.6 cm³/mol. The molecule has 2 heterocycles. The topological polar surface area (TPSA) is 15.6 Å². The first kappa shape index (κ1) is 10.9. The first-order chi connectivity index (χ1) is 8.15. The lowest BCUT2D eigenvalue weighted by molar-refractivity contribution is 0.309. The van der Waals surface area contributed by atoms with Gasteiger partial charge >= 0.3 is 0 Å². The molecule has 0 saturated carbocycles. The Balaban J connectivity index is 1.99. The summed E-state index contributed by atoms with van der Waals surface area (Å²) < 4.78 is 14.0. The van der Waals surface area contributed by atoms with Gasteiger partial charge in [0.25, 0.3) is 0 Å². The summed E-state index contributed by atoms with van der Waals surface area (Å²) in [4.78, 5) is 6.33. The number of hydrogen-bond acceptors (Lipinski definition) is 2. The zero-order valence-corrected chi connectivity index (χ0v) is 10.3. The molecule has 2 aliphatic rings. The Hall–Kier alpha value is -1.22. The highest BCUT2D eigenvalue weighted by molar-refractivity contribution is 5.85. The highest BCUT2D eigenvalue weighted by atomic mass is 19.1. The standard InChI is InChI=1S/C14H17FN2/c1-9-3-10-5-16-6-11(10)4-12(9)13-7-17(2)8-14(13)15/h3-5,13-14H,6-8H2,1-2H3. The summed E-state index contributed by atoms with van der Waals surface area (Å²) in [6.07, 6.45) is 1.18. The van der Waals surface area contributed by atoms with Gasteiger partial charge in [0.2, 0.25) is 0 Å². The van der Waals surface area contributed by atoms with E-state index in [1.54, 1.807) is 0 Å². The molecule has 2 nitrogen and oxygen atoms in total. The number of nitrogens with zero attached hydrogens (tertiary/aromatic N) is 2. The maximum atomic E-state index is 14.0. The van der Waals surface area contributed by atoms with Crippen molar-refractivity contribution in [3.8, 4) is 0 Å². The highest BCUT2D eigenvalue weighted by Gasteiger charge is 2.33. The van der Waals surface area contributed by atoms with Crippen LogP contribution in [0.2, 0.25) is 0 Å². The molecule has 2 aliphatic heterocycles. The van der Waals surface area contributed by atoms with Gasteiger partial charge in [-0.2, -0.15) is 0 Å². The van der Waals surface area contributed by atoms with Gasteiger partial charge in [0.1, 0.15) is 6.17 Å². The Morgan fingerprint density at radius 1 is 1.35 bits per heavy atom. The molecule has 0 aliphatic carbocycles. The van der Waals surface area contributed by atoms with E-state index in [0.29, 0.717) is 6.54 Å². The van der Waals surface area contributed by atoms with Gasteiger partial charge in [0, 0.05) is 25.2 Å². The number of likely N-dealkylation sites (N-methyl/N-ethyl adjacent to an activating group) is 1. The van der Waals surface area contributed by atoms with Crippen molar-refractivity contribution in [2.24, 2.45) is 4.99 Å². The molecule has 3 rings (SSSR count). The normalized spacial score (nSPS) is 27.7. The molecule has 1 aromatic rings. The van der Waals surface area contributed by atoms with E-state index in [-0.39, 0.29) is 5.92 Å². The van der Waals surface area contributed by atoms with Gasteiger partial charge < -0.3 is 4.90 Å². The third-order valence-corrected chi connectivity index (χ3v) is 3.85. The largest absolute Gasteiger partial charge is 0.303 e. The van der Waals surface area contributed by atoms with E-state index in [0.717, 1.165) is 13.1 Å². The molecule has 0 aromatic heterocycles. The van der Waals surface area contributed by atoms with Crippen molar-refractivity contribution in [1.82, 2.24) is 4.90 Å². The number of benzene rings is 1. The van der Waals surface area contributed by atoms with Gasteiger partial charge in [-0.25, -0.2) is 4.39 Å². The van der Waals surface area contributed by atoms with Gasteiger partial charge in [-0.05, 0) is 42.3 Å². The number of aryl methyl sites for hydroxylation is 1. The van der Waals surface area contributed by atoms with E-state index < -0.39 is 6.17 Å². The minimum Gasteiger partial charge on any atom is -0.303 e. The van der Waals surface area contributed by atoms with Crippen LogP contribution in [0.25, 0.3) is 0 Å². The third-order valence-electron chi connectivity index (χ3n) is 3.85. The van der Waals surface area contributed by atoms with E-state index in [1.165, 1.54) is 22.3 Å². The van der Waals surface area contributed by atoms with E-state index in [1.807, 2.05) is 13.3 Å². The molecule has 1 aromatic carbocycles. The average molecular weight is 232 g/mol. The fourth-order valence-corrected chi connectivity index (χ4v) is 2.94. The Morgan fingerprint density at radius 3 is 2.88 bits per heavy atom. The zero-order chi connectivity index (χ0) is 12.0. The fraction of sp³-hybridized carbons (Fsp3) is 0.500. The SMILES string of the molecule is Cc1cc2c(cc1C1CN(C)CC1F)CN=C2. The van der Waals surface area contributed by atoms with Crippen LogP contribution in [-0.4, -0.2) is 37.4 Å². The van der Waals surface area contributed by atoms with E-state index in [9.17, 15) is 4.39 Å². The molecular weight excluding hydrogens is 215 g/mol. The van der Waals surface area contributed by atoms with E-state index in [4.69, 9.17) is 0 Å². The van der Waals surface area contributed by atoms with Crippen LogP contribution in [-0.2, 0) is 6.54 Å². The number of alkyl halides is 1. The summed E-state index contributed by atoms with van der Waals surface area (Å²) in [5, 5.41) is 0. The van der Waals surface area contributed by atoms with Gasteiger partial charge in [0.05, 0.1) is 6.54 Å². The lowest BCUT2D eigenvalue weighted by Crippen LogP contribution is -2.14. The predicted octanol–water partition coefficient (Wildman–Crippen LogP) is 2.29. The maximum absolute atomic E-state index is 14.0. The van der Waals surface area contributed by atoms with Gasteiger partial charge in [-0.1, -0.05) is 6.07 Å². The molecule has 0 N–H and O–H groups in total. The molecule has 0 spiro atoms. The number of halogens is 1. The number of fused-ring (bicyclic) bond motifs is 1. The summed E-state index contributed by atoms with van der Waals surface area (Å²) in [6, 6.07) is 4.31. The van der Waals surface area contributed by atoms with Crippen LogP contribution in [0.5, 0.6) is 0 Å². The molecule has 17 heavy (non-hydrogen) atoms. The minimum atomic E-state index is -0.737. The molecule has 90 valence electrons. The molecule has 1 saturated heterocycles. The van der Waals surface area contributed by atoms with Crippen LogP contribution in [0.15, 0.2) is 17.1 Å². The Labute approximate surface area is 101 Å². The molecule has 2 atom stereocenters. The molecular formula is C14H17FN2. The minimum absolute atomic E-state index is 0.0332. The van der Waals surface area contributed by atoms with Crippen molar-refractivity contribution in [3.63, 3.8) is 0 Å². The Morgan fingerprint density at radius 2 is 2.18 bits per heavy atom. The molecule has 0 amide bonds. The summed E-state index contributed by atoms with van der Waals surface area (Å²) in [5.41, 5.74) is 4.81. The van der Waals surface area contributed by atoms with Gasteiger partial charge in [-0.15, -0.1) is 0 Å². The number of hydrogen-bond donors (Lipinski definition) is 0. The van der Waals surface area contributed by atoms with Crippen molar-refractivity contribution < 1.29 is 4.39 Å². The summed E-state index contributed by atoms with van der Waals surface area (Å²) in [7, 11) is 1.98. The van der Waals surface area contributed by atoms with Crippen molar-refractivity contribution in [1.29, 1.82) is 0 Å². The average Bonchev–Trinajstić information content (AvgIpc) is 2.83. The molecule has 3 heteroatoms. The fourth-order valence-electron chi connectivity index (χ4n) is 2.94. The summed E-state index contributed by atoms with van der Waals surface area (Å²) >= 11 is 0. The van der Waals surface area contributed by atoms with Crippen molar-refractivity contribution in [3.05, 3.63) is 34.4 Å². The van der Waals surface area contributed by atoms with Crippen LogP contribution in [0.3, 0.4) is 0 Å². The first-order valence-corrected chi connectivity index (χ1v) is 6.11. The lowest BCUT2D eigenvalue weighted by Gasteiger charge is -2.17. The van der Waals surface area contributed by atoms with Crippen molar-refractivity contribution in [2.45, 2.75) is 25.6 Å². The second-order valence-corrected chi connectivity index (χ2v) is 5.22. The van der Waals surface area contributed by atoms with Gasteiger partial charge in [0.15, 0.2) is 0 Å². The van der Waals surface area contributed by atoms with Crippen LogP contribution in [0.1, 0.15) is 28.2 Å². The summed E-state index contributed by atoms with van der Waals surface area (Å²) in [5.74, 6) is 0.0332. The van der Waals surface area contributed by atoms with Crippen LogP contribution >= 0.6 is 0 Å². The van der Waals surface area contributed by atoms with Crippen LogP contribution in [0.4, 0.5) is 4.39 Å². The third kappa shape index (κ3) is 1.78. The number of aliphatic imine (C=N–C) groups is 1. The quantitative estimate of drug-likeness (QED) is 0.725. The number of rotatable bonds is 1. The molecule has 1 fully saturated rings. The monoisotopic (exact) mass is 232 g/mol. The number of likely N-dealkylation sites (tertiary alicyclic amines) is 1. The second-order valence-electron chi connectivity index (χ2n) is 5.22. The Bertz CT molecular complexity index is 481.